The van der Waals surface area contributed by atoms with Crippen molar-refractivity contribution >= 4 is 0 Å². The molecule has 1 N–H and O–H groups in total. The van der Waals surface area contributed by atoms with Gasteiger partial charge in [-0.3, -0.25) is 4.90 Å². The second-order valence-corrected chi connectivity index (χ2v) is 3.38. The molecule has 2 nitrogen and oxygen atoms in total. The molecule has 0 saturated carbocycles. The number of rotatable bonds is 1. The molecular weight excluding hydrogens is 124 g/mol. The number of hydrogen-bond donors (Lipinski definition) is 1. The fraction of sp³-hybridized carbons (Fsp3) is 0.875. The molecule has 2 heteroatoms. The summed E-state index contributed by atoms with van der Waals surface area (Å²) >= 11 is 0. The minimum Gasteiger partial charge on any atom is -0.311 e. The van der Waals surface area contributed by atoms with Gasteiger partial charge in [0.15, 0.2) is 0 Å². The third kappa shape index (κ3) is 1.96. The summed E-state index contributed by atoms with van der Waals surface area (Å²) in [7, 11) is 3.92. The van der Waals surface area contributed by atoms with Crippen LogP contribution in [-0.2, 0) is 0 Å². The minimum atomic E-state index is 0.645. The maximum absolute atomic E-state index is 3.92. The highest BCUT2D eigenvalue weighted by Gasteiger charge is 2.18. The van der Waals surface area contributed by atoms with Crippen LogP contribution in [-0.4, -0.2) is 30.6 Å². The summed E-state index contributed by atoms with van der Waals surface area (Å²) in [5, 5.41) is 3.47. The predicted molar refractivity (Wildman–Crippen MR) is 43.6 cm³/mol. The first kappa shape index (κ1) is 8.02. The summed E-state index contributed by atoms with van der Waals surface area (Å²) in [6, 6.07) is 0.645. The molecule has 0 spiro atoms. The summed E-state index contributed by atoms with van der Waals surface area (Å²) in [5.41, 5.74) is 0. The molecule has 0 amide bonds. The monoisotopic (exact) mass is 141 g/mol. The van der Waals surface area contributed by atoms with Gasteiger partial charge in [0, 0.05) is 32.7 Å². The lowest BCUT2D eigenvalue weighted by Gasteiger charge is -2.33. The molecular formula is C8H17N2. The van der Waals surface area contributed by atoms with Gasteiger partial charge in [0.05, 0.1) is 0 Å². The Bertz CT molecular complexity index is 101. The number of nitrogens with zero attached hydrogens (tertiary/aromatic N) is 1. The third-order valence-electron chi connectivity index (χ3n) is 2.09. The largest absolute Gasteiger partial charge is 0.311 e. The normalized spacial score (nSPS) is 29.4. The zero-order chi connectivity index (χ0) is 7.56. The van der Waals surface area contributed by atoms with Gasteiger partial charge in [0.2, 0.25) is 0 Å². The lowest BCUT2D eigenvalue weighted by Crippen LogP contribution is -2.50. The molecule has 1 atom stereocenters. The van der Waals surface area contributed by atoms with Gasteiger partial charge in [0.1, 0.15) is 0 Å². The average Bonchev–Trinajstić information content (AvgIpc) is 1.88. The maximum Gasteiger partial charge on any atom is 0.0218 e. The van der Waals surface area contributed by atoms with Gasteiger partial charge in [-0.2, -0.15) is 0 Å². The zero-order valence-corrected chi connectivity index (χ0v) is 6.93. The standard InChI is InChI=1S/C8H17N2/c1-7(2)8-6-10(3)5-4-9-8/h7-9H,3-6H2,1-2H3. The van der Waals surface area contributed by atoms with E-state index in [4.69, 9.17) is 0 Å². The van der Waals surface area contributed by atoms with Gasteiger partial charge in [-0.1, -0.05) is 13.8 Å². The molecule has 1 radical (unpaired) electrons. The number of piperazine rings is 1. The van der Waals surface area contributed by atoms with Crippen LogP contribution in [0.25, 0.3) is 0 Å². The lowest BCUT2D eigenvalue weighted by atomic mass is 10.0. The van der Waals surface area contributed by atoms with E-state index < -0.39 is 0 Å². The highest BCUT2D eigenvalue weighted by molar-refractivity contribution is 4.79. The van der Waals surface area contributed by atoms with Crippen LogP contribution in [0.2, 0.25) is 0 Å². The minimum absolute atomic E-state index is 0.645. The van der Waals surface area contributed by atoms with Crippen LogP contribution < -0.4 is 5.32 Å². The highest BCUT2D eigenvalue weighted by Crippen LogP contribution is 2.06. The Labute approximate surface area is 63.6 Å². The molecule has 1 unspecified atom stereocenters. The van der Waals surface area contributed by atoms with E-state index in [1.807, 2.05) is 0 Å². The SMILES string of the molecule is [CH2]N1CCNC(C(C)C)C1. The molecule has 1 aliphatic rings. The summed E-state index contributed by atoms with van der Waals surface area (Å²) in [6.07, 6.45) is 0. The van der Waals surface area contributed by atoms with Gasteiger partial charge in [-0.25, -0.2) is 0 Å². The number of nitrogens with one attached hydrogen (secondary N) is 1. The average molecular weight is 141 g/mol. The third-order valence-corrected chi connectivity index (χ3v) is 2.09. The first-order chi connectivity index (χ1) is 4.70. The van der Waals surface area contributed by atoms with E-state index in [0.717, 1.165) is 25.6 Å². The fourth-order valence-corrected chi connectivity index (χ4v) is 1.29. The maximum atomic E-state index is 3.92. The zero-order valence-electron chi connectivity index (χ0n) is 6.93. The Morgan fingerprint density at radius 2 is 2.30 bits per heavy atom. The smallest absolute Gasteiger partial charge is 0.0218 e. The number of hydrogen-bond acceptors (Lipinski definition) is 2. The van der Waals surface area contributed by atoms with Crippen LogP contribution in [0, 0.1) is 13.0 Å². The molecule has 0 aromatic heterocycles. The summed E-state index contributed by atoms with van der Waals surface area (Å²) < 4.78 is 0. The van der Waals surface area contributed by atoms with E-state index in [1.165, 1.54) is 0 Å². The van der Waals surface area contributed by atoms with Crippen molar-refractivity contribution in [1.29, 1.82) is 0 Å². The van der Waals surface area contributed by atoms with E-state index in [9.17, 15) is 0 Å². The van der Waals surface area contributed by atoms with Gasteiger partial charge in [0.25, 0.3) is 0 Å². The van der Waals surface area contributed by atoms with Crippen LogP contribution in [0.4, 0.5) is 0 Å². The highest BCUT2D eigenvalue weighted by atomic mass is 15.2. The molecule has 59 valence electrons. The second-order valence-electron chi connectivity index (χ2n) is 3.38. The summed E-state index contributed by atoms with van der Waals surface area (Å²) in [6.45, 7) is 7.76. The van der Waals surface area contributed by atoms with E-state index in [-0.39, 0.29) is 0 Å². The van der Waals surface area contributed by atoms with E-state index in [2.05, 4.69) is 31.1 Å². The Hall–Kier alpha value is -0.0800. The van der Waals surface area contributed by atoms with Crippen molar-refractivity contribution in [3.63, 3.8) is 0 Å². The van der Waals surface area contributed by atoms with E-state index in [1.54, 1.807) is 0 Å². The molecule has 1 aliphatic heterocycles. The van der Waals surface area contributed by atoms with Crippen LogP contribution in [0.5, 0.6) is 0 Å². The molecule has 0 aromatic carbocycles. The van der Waals surface area contributed by atoms with Crippen molar-refractivity contribution in [2.24, 2.45) is 5.92 Å². The Morgan fingerprint density at radius 3 is 2.70 bits per heavy atom. The van der Waals surface area contributed by atoms with Crippen molar-refractivity contribution in [3.05, 3.63) is 7.05 Å². The molecule has 0 aromatic rings. The first-order valence-electron chi connectivity index (χ1n) is 3.99. The predicted octanol–water partition coefficient (Wildman–Crippen LogP) is 0.708. The Morgan fingerprint density at radius 1 is 1.60 bits per heavy atom. The van der Waals surface area contributed by atoms with Crippen molar-refractivity contribution in [2.75, 3.05) is 19.6 Å². The molecule has 1 rings (SSSR count). The van der Waals surface area contributed by atoms with Crippen LogP contribution >= 0.6 is 0 Å². The van der Waals surface area contributed by atoms with Gasteiger partial charge < -0.3 is 5.32 Å². The van der Waals surface area contributed by atoms with Gasteiger partial charge >= 0.3 is 0 Å². The second kappa shape index (κ2) is 3.35. The van der Waals surface area contributed by atoms with Gasteiger partial charge in [-0.15, -0.1) is 0 Å². The van der Waals surface area contributed by atoms with Crippen LogP contribution in [0.3, 0.4) is 0 Å². The quantitative estimate of drug-likeness (QED) is 0.578. The van der Waals surface area contributed by atoms with Crippen molar-refractivity contribution in [3.8, 4) is 0 Å². The molecule has 0 aliphatic carbocycles. The van der Waals surface area contributed by atoms with Crippen molar-refractivity contribution < 1.29 is 0 Å². The van der Waals surface area contributed by atoms with Crippen LogP contribution in [0.1, 0.15) is 13.8 Å². The van der Waals surface area contributed by atoms with Crippen molar-refractivity contribution in [2.45, 2.75) is 19.9 Å². The van der Waals surface area contributed by atoms with Crippen LogP contribution in [0.15, 0.2) is 0 Å². The molecule has 1 saturated heterocycles. The van der Waals surface area contributed by atoms with E-state index in [0.29, 0.717) is 6.04 Å². The molecule has 1 fully saturated rings. The topological polar surface area (TPSA) is 15.3 Å². The molecule has 0 bridgehead atoms. The fourth-order valence-electron chi connectivity index (χ4n) is 1.29. The van der Waals surface area contributed by atoms with Gasteiger partial charge in [-0.05, 0) is 5.92 Å². The summed E-state index contributed by atoms with van der Waals surface area (Å²) in [4.78, 5) is 2.14. The lowest BCUT2D eigenvalue weighted by molar-refractivity contribution is 0.225. The molecule has 1 heterocycles. The van der Waals surface area contributed by atoms with E-state index >= 15 is 0 Å². The summed E-state index contributed by atoms with van der Waals surface area (Å²) in [5.74, 6) is 0.726. The van der Waals surface area contributed by atoms with Crippen molar-refractivity contribution in [1.82, 2.24) is 10.2 Å². The Balaban J connectivity index is 2.32. The Kier molecular flexibility index (Phi) is 2.69. The first-order valence-corrected chi connectivity index (χ1v) is 3.99. The molecule has 10 heavy (non-hydrogen) atoms.